The molecule has 0 bridgehead atoms. The Labute approximate surface area is 142 Å². The number of unbranched alkanes of at least 4 members (excludes halogenated alkanes) is 2. The summed E-state index contributed by atoms with van der Waals surface area (Å²) in [5, 5.41) is 11.9. The first-order valence-corrected chi connectivity index (χ1v) is 7.70. The Kier molecular flexibility index (Phi) is 6.00. The zero-order valence-corrected chi connectivity index (χ0v) is 13.6. The van der Waals surface area contributed by atoms with Crippen LogP contribution < -0.4 is 10.1 Å². The van der Waals surface area contributed by atoms with Crippen molar-refractivity contribution in [3.8, 4) is 5.75 Å². The minimum atomic E-state index is -4.66. The zero-order valence-electron chi connectivity index (χ0n) is 13.6. The van der Waals surface area contributed by atoms with Crippen LogP contribution in [-0.2, 0) is 11.0 Å². The number of benzene rings is 1. The van der Waals surface area contributed by atoms with Gasteiger partial charge in [-0.15, -0.1) is 0 Å². The fourth-order valence-corrected chi connectivity index (χ4v) is 2.28. The molecule has 0 aliphatic heterocycles. The van der Waals surface area contributed by atoms with Gasteiger partial charge in [0.2, 0.25) is 5.82 Å². The summed E-state index contributed by atoms with van der Waals surface area (Å²) >= 11 is 0. The average Bonchev–Trinajstić information content (AvgIpc) is 2.55. The molecule has 0 aliphatic carbocycles. The van der Waals surface area contributed by atoms with Gasteiger partial charge in [-0.3, -0.25) is 4.79 Å². The summed E-state index contributed by atoms with van der Waals surface area (Å²) in [5.74, 6) is -1.59. The summed E-state index contributed by atoms with van der Waals surface area (Å²) in [6.45, 7) is 0.384. The van der Waals surface area contributed by atoms with Gasteiger partial charge in [0.05, 0.1) is 12.6 Å². The third-order valence-corrected chi connectivity index (χ3v) is 3.52. The number of rotatable bonds is 8. The van der Waals surface area contributed by atoms with Crippen molar-refractivity contribution in [3.63, 3.8) is 0 Å². The van der Waals surface area contributed by atoms with Crippen LogP contribution in [0.15, 0.2) is 18.2 Å². The van der Waals surface area contributed by atoms with E-state index in [4.69, 9.17) is 9.84 Å². The monoisotopic (exact) mass is 357 g/mol. The minimum Gasteiger partial charge on any atom is -0.497 e. The van der Waals surface area contributed by atoms with Gasteiger partial charge in [-0.2, -0.15) is 13.2 Å². The lowest BCUT2D eigenvalue weighted by Crippen LogP contribution is -2.14. The molecule has 6 nitrogen and oxygen atoms in total. The molecule has 2 N–H and O–H groups in total. The van der Waals surface area contributed by atoms with E-state index in [1.807, 2.05) is 0 Å². The lowest BCUT2D eigenvalue weighted by atomic mass is 10.2. The van der Waals surface area contributed by atoms with E-state index < -0.39 is 18.0 Å². The number of carboxylic acid groups (broad SMARTS) is 1. The van der Waals surface area contributed by atoms with Gasteiger partial charge in [-0.05, 0) is 25.0 Å². The number of hydrogen-bond acceptors (Lipinski definition) is 5. The first-order chi connectivity index (χ1) is 11.8. The second-order valence-electron chi connectivity index (χ2n) is 5.41. The number of nitrogens with one attached hydrogen (secondary N) is 1. The Morgan fingerprint density at radius 3 is 2.64 bits per heavy atom. The molecule has 136 valence electrons. The van der Waals surface area contributed by atoms with E-state index in [0.717, 1.165) is 0 Å². The number of carboxylic acids is 1. The second kappa shape index (κ2) is 8.00. The highest BCUT2D eigenvalue weighted by molar-refractivity contribution is 5.90. The normalized spacial score (nSPS) is 11.5. The SMILES string of the molecule is COc1ccc2c(NCCCCCC(=O)O)nc(C(F)(F)F)nc2c1. The third kappa shape index (κ3) is 5.20. The summed E-state index contributed by atoms with van der Waals surface area (Å²) in [6.07, 6.45) is -2.78. The summed E-state index contributed by atoms with van der Waals surface area (Å²) in [6, 6.07) is 4.64. The van der Waals surface area contributed by atoms with Crippen molar-refractivity contribution in [2.24, 2.45) is 0 Å². The summed E-state index contributed by atoms with van der Waals surface area (Å²) < 4.78 is 44.0. The number of fused-ring (bicyclic) bond motifs is 1. The Bertz CT molecular complexity index is 750. The molecule has 0 radical (unpaired) electrons. The lowest BCUT2D eigenvalue weighted by Gasteiger charge is -2.13. The molecule has 25 heavy (non-hydrogen) atoms. The van der Waals surface area contributed by atoms with E-state index in [1.54, 1.807) is 12.1 Å². The zero-order chi connectivity index (χ0) is 18.4. The van der Waals surface area contributed by atoms with Crippen molar-refractivity contribution in [2.75, 3.05) is 19.0 Å². The third-order valence-electron chi connectivity index (χ3n) is 3.52. The number of aromatic nitrogens is 2. The predicted molar refractivity (Wildman–Crippen MR) is 85.7 cm³/mol. The maximum Gasteiger partial charge on any atom is 0.451 e. The Balaban J connectivity index is 2.17. The van der Waals surface area contributed by atoms with E-state index in [1.165, 1.54) is 13.2 Å². The molecule has 2 aromatic rings. The van der Waals surface area contributed by atoms with Gasteiger partial charge in [-0.1, -0.05) is 6.42 Å². The number of ether oxygens (including phenoxy) is 1. The topological polar surface area (TPSA) is 84.3 Å². The number of anilines is 1. The molecule has 0 amide bonds. The van der Waals surface area contributed by atoms with Crippen molar-refractivity contribution >= 4 is 22.7 Å². The van der Waals surface area contributed by atoms with Crippen LogP contribution in [0, 0.1) is 0 Å². The van der Waals surface area contributed by atoms with Crippen LogP contribution in [0.3, 0.4) is 0 Å². The van der Waals surface area contributed by atoms with Crippen molar-refractivity contribution in [1.82, 2.24) is 9.97 Å². The number of nitrogens with zero attached hydrogens (tertiary/aromatic N) is 2. The van der Waals surface area contributed by atoms with Crippen molar-refractivity contribution in [2.45, 2.75) is 31.9 Å². The van der Waals surface area contributed by atoms with E-state index in [0.29, 0.717) is 36.9 Å². The van der Waals surface area contributed by atoms with Crippen molar-refractivity contribution in [3.05, 3.63) is 24.0 Å². The minimum absolute atomic E-state index is 0.0778. The van der Waals surface area contributed by atoms with Gasteiger partial charge in [0.15, 0.2) is 0 Å². The molecule has 0 unspecified atom stereocenters. The maximum absolute atomic E-state index is 13.0. The molecule has 1 heterocycles. The summed E-state index contributed by atoms with van der Waals surface area (Å²) in [5.41, 5.74) is 0.134. The Hall–Kier alpha value is -2.58. The van der Waals surface area contributed by atoms with Gasteiger partial charge in [-0.25, -0.2) is 9.97 Å². The number of hydrogen-bond donors (Lipinski definition) is 2. The van der Waals surface area contributed by atoms with E-state index in [2.05, 4.69) is 15.3 Å². The lowest BCUT2D eigenvalue weighted by molar-refractivity contribution is -0.144. The predicted octanol–water partition coefficient (Wildman–Crippen LogP) is 3.71. The molecule has 0 saturated carbocycles. The van der Waals surface area contributed by atoms with Crippen LogP contribution in [0.25, 0.3) is 10.9 Å². The van der Waals surface area contributed by atoms with Gasteiger partial charge < -0.3 is 15.2 Å². The standard InChI is InChI=1S/C16H18F3N3O3/c1-25-10-6-7-11-12(9-10)21-15(16(17,18)19)22-14(11)20-8-4-2-3-5-13(23)24/h6-7,9H,2-5,8H2,1H3,(H,23,24)(H,20,21,22). The van der Waals surface area contributed by atoms with Gasteiger partial charge >= 0.3 is 12.1 Å². The van der Waals surface area contributed by atoms with Gasteiger partial charge in [0.1, 0.15) is 11.6 Å². The van der Waals surface area contributed by atoms with E-state index in [9.17, 15) is 18.0 Å². The van der Waals surface area contributed by atoms with Crippen molar-refractivity contribution in [1.29, 1.82) is 0 Å². The first-order valence-electron chi connectivity index (χ1n) is 7.70. The fraction of sp³-hybridized carbons (Fsp3) is 0.438. The quantitative estimate of drug-likeness (QED) is 0.701. The highest BCUT2D eigenvalue weighted by Crippen LogP contribution is 2.31. The maximum atomic E-state index is 13.0. The smallest absolute Gasteiger partial charge is 0.451 e. The molecule has 0 aliphatic rings. The van der Waals surface area contributed by atoms with Crippen LogP contribution in [0.2, 0.25) is 0 Å². The molecular formula is C16H18F3N3O3. The highest BCUT2D eigenvalue weighted by Gasteiger charge is 2.35. The molecule has 0 spiro atoms. The number of carbonyl (C=O) groups is 1. The van der Waals surface area contributed by atoms with Crippen LogP contribution >= 0.6 is 0 Å². The van der Waals surface area contributed by atoms with E-state index in [-0.39, 0.29) is 17.8 Å². The largest absolute Gasteiger partial charge is 0.497 e. The van der Waals surface area contributed by atoms with Crippen molar-refractivity contribution < 1.29 is 27.8 Å². The van der Waals surface area contributed by atoms with Crippen LogP contribution in [-0.4, -0.2) is 34.7 Å². The Morgan fingerprint density at radius 2 is 2.00 bits per heavy atom. The molecular weight excluding hydrogens is 339 g/mol. The number of alkyl halides is 3. The molecule has 9 heteroatoms. The van der Waals surface area contributed by atoms with Crippen LogP contribution in [0.1, 0.15) is 31.5 Å². The molecule has 0 fully saturated rings. The van der Waals surface area contributed by atoms with Gasteiger partial charge in [0, 0.05) is 24.4 Å². The molecule has 2 rings (SSSR count). The molecule has 1 aromatic heterocycles. The van der Waals surface area contributed by atoms with Crippen LogP contribution in [0.5, 0.6) is 5.75 Å². The fourth-order valence-electron chi connectivity index (χ4n) is 2.28. The molecule has 1 aromatic carbocycles. The van der Waals surface area contributed by atoms with E-state index >= 15 is 0 Å². The average molecular weight is 357 g/mol. The van der Waals surface area contributed by atoms with Gasteiger partial charge in [0.25, 0.3) is 0 Å². The summed E-state index contributed by atoms with van der Waals surface area (Å²) in [7, 11) is 1.42. The summed E-state index contributed by atoms with van der Waals surface area (Å²) in [4.78, 5) is 17.6. The number of aliphatic carboxylic acids is 1. The second-order valence-corrected chi connectivity index (χ2v) is 5.41. The Morgan fingerprint density at radius 1 is 1.24 bits per heavy atom. The van der Waals surface area contributed by atoms with Crippen LogP contribution in [0.4, 0.5) is 19.0 Å². The molecule has 0 atom stereocenters. The number of halogens is 3. The number of methoxy groups -OCH3 is 1. The first kappa shape index (κ1) is 18.8. The molecule has 0 saturated heterocycles. The highest BCUT2D eigenvalue weighted by atomic mass is 19.4.